The standard InChI is InChI=1S/C19H22N4O4S/c1-5-27-13-8-6-12(7-9-13)15-20-16-14(17(21-15)28-11-10-26-4)18(24)23(3)19(25)22(16)2/h6-9H,5,10-11H2,1-4H3. The Labute approximate surface area is 166 Å². The lowest BCUT2D eigenvalue weighted by Gasteiger charge is -2.12. The molecule has 0 spiro atoms. The van der Waals surface area contributed by atoms with E-state index in [2.05, 4.69) is 9.97 Å². The van der Waals surface area contributed by atoms with Crippen LogP contribution >= 0.6 is 11.8 Å². The van der Waals surface area contributed by atoms with Gasteiger partial charge in [-0.1, -0.05) is 0 Å². The second kappa shape index (κ2) is 8.57. The van der Waals surface area contributed by atoms with E-state index in [1.165, 1.54) is 23.4 Å². The summed E-state index contributed by atoms with van der Waals surface area (Å²) in [4.78, 5) is 34.2. The molecule has 0 unspecified atom stereocenters. The van der Waals surface area contributed by atoms with Crippen LogP contribution in [0.4, 0.5) is 0 Å². The largest absolute Gasteiger partial charge is 0.494 e. The molecule has 3 rings (SSSR count). The normalized spacial score (nSPS) is 11.1. The Morgan fingerprint density at radius 1 is 1.07 bits per heavy atom. The van der Waals surface area contributed by atoms with Crippen molar-refractivity contribution in [2.75, 3.05) is 26.1 Å². The topological polar surface area (TPSA) is 88.2 Å². The first-order valence-corrected chi connectivity index (χ1v) is 9.79. The molecule has 2 aromatic heterocycles. The van der Waals surface area contributed by atoms with E-state index in [1.807, 2.05) is 31.2 Å². The zero-order valence-electron chi connectivity index (χ0n) is 16.3. The van der Waals surface area contributed by atoms with Gasteiger partial charge in [0, 0.05) is 32.5 Å². The Morgan fingerprint density at radius 2 is 1.79 bits per heavy atom. The molecule has 0 fully saturated rings. The van der Waals surface area contributed by atoms with E-state index < -0.39 is 11.2 Å². The Balaban J connectivity index is 2.21. The van der Waals surface area contributed by atoms with E-state index in [4.69, 9.17) is 9.47 Å². The molecule has 1 aromatic carbocycles. The van der Waals surface area contributed by atoms with Crippen molar-refractivity contribution in [3.8, 4) is 17.1 Å². The number of fused-ring (bicyclic) bond motifs is 1. The summed E-state index contributed by atoms with van der Waals surface area (Å²) in [6.45, 7) is 3.02. The Bertz CT molecular complexity index is 1110. The number of nitrogens with zero attached hydrogens (tertiary/aromatic N) is 4. The number of ether oxygens (including phenoxy) is 2. The van der Waals surface area contributed by atoms with Crippen LogP contribution in [-0.2, 0) is 18.8 Å². The number of hydrogen-bond donors (Lipinski definition) is 0. The fourth-order valence-electron chi connectivity index (χ4n) is 2.75. The van der Waals surface area contributed by atoms with E-state index in [9.17, 15) is 9.59 Å². The smallest absolute Gasteiger partial charge is 0.332 e. The second-order valence-electron chi connectivity index (χ2n) is 6.06. The van der Waals surface area contributed by atoms with Crippen molar-refractivity contribution in [2.24, 2.45) is 14.1 Å². The predicted octanol–water partition coefficient (Wildman–Crippen LogP) is 1.83. The molecule has 0 N–H and O–H groups in total. The van der Waals surface area contributed by atoms with Crippen molar-refractivity contribution in [3.05, 3.63) is 45.1 Å². The first-order valence-electron chi connectivity index (χ1n) is 8.80. The first kappa shape index (κ1) is 20.1. The van der Waals surface area contributed by atoms with E-state index in [0.717, 1.165) is 15.9 Å². The highest BCUT2D eigenvalue weighted by Crippen LogP contribution is 2.27. The molecule has 28 heavy (non-hydrogen) atoms. The zero-order chi connectivity index (χ0) is 20.3. The Hall–Kier alpha value is -2.65. The van der Waals surface area contributed by atoms with Crippen LogP contribution in [0.25, 0.3) is 22.4 Å². The van der Waals surface area contributed by atoms with Gasteiger partial charge in [0.25, 0.3) is 5.56 Å². The Kier molecular flexibility index (Phi) is 6.15. The molecular formula is C19H22N4O4S. The fourth-order valence-corrected chi connectivity index (χ4v) is 3.67. The summed E-state index contributed by atoms with van der Waals surface area (Å²) in [6.07, 6.45) is 0. The predicted molar refractivity (Wildman–Crippen MR) is 109 cm³/mol. The second-order valence-corrected chi connectivity index (χ2v) is 7.14. The van der Waals surface area contributed by atoms with Gasteiger partial charge < -0.3 is 9.47 Å². The van der Waals surface area contributed by atoms with Crippen molar-refractivity contribution in [3.63, 3.8) is 0 Å². The molecular weight excluding hydrogens is 380 g/mol. The van der Waals surface area contributed by atoms with Gasteiger partial charge in [-0.2, -0.15) is 0 Å². The van der Waals surface area contributed by atoms with Crippen LogP contribution in [0.2, 0.25) is 0 Å². The summed E-state index contributed by atoms with van der Waals surface area (Å²) in [6, 6.07) is 7.39. The van der Waals surface area contributed by atoms with Gasteiger partial charge in [0.15, 0.2) is 11.5 Å². The molecule has 148 valence electrons. The van der Waals surface area contributed by atoms with Crippen LogP contribution in [0.15, 0.2) is 38.9 Å². The van der Waals surface area contributed by atoms with Crippen LogP contribution in [0.1, 0.15) is 6.92 Å². The van der Waals surface area contributed by atoms with E-state index >= 15 is 0 Å². The molecule has 0 aliphatic heterocycles. The maximum atomic E-state index is 12.7. The molecule has 0 atom stereocenters. The summed E-state index contributed by atoms with van der Waals surface area (Å²) in [7, 11) is 4.67. The van der Waals surface area contributed by atoms with Gasteiger partial charge >= 0.3 is 5.69 Å². The van der Waals surface area contributed by atoms with Crippen LogP contribution in [0.3, 0.4) is 0 Å². The highest BCUT2D eigenvalue weighted by Gasteiger charge is 2.18. The number of hydrogen-bond acceptors (Lipinski definition) is 7. The average Bonchev–Trinajstić information content (AvgIpc) is 2.71. The number of aryl methyl sites for hydroxylation is 1. The van der Waals surface area contributed by atoms with Crippen molar-refractivity contribution in [1.82, 2.24) is 19.1 Å². The Morgan fingerprint density at radius 3 is 2.43 bits per heavy atom. The van der Waals surface area contributed by atoms with Crippen LogP contribution in [-0.4, -0.2) is 45.2 Å². The third-order valence-electron chi connectivity index (χ3n) is 4.22. The molecule has 0 amide bonds. The first-order chi connectivity index (χ1) is 13.5. The molecule has 2 heterocycles. The van der Waals surface area contributed by atoms with E-state index in [0.29, 0.717) is 40.9 Å². The molecule has 0 saturated carbocycles. The summed E-state index contributed by atoms with van der Waals surface area (Å²) in [5.41, 5.74) is 0.247. The van der Waals surface area contributed by atoms with Crippen molar-refractivity contribution in [1.29, 1.82) is 0 Å². The maximum Gasteiger partial charge on any atom is 0.332 e. The summed E-state index contributed by atoms with van der Waals surface area (Å²) >= 11 is 1.40. The maximum absolute atomic E-state index is 12.7. The molecule has 0 aliphatic rings. The van der Waals surface area contributed by atoms with Crippen LogP contribution in [0.5, 0.6) is 5.75 Å². The molecule has 0 aliphatic carbocycles. The van der Waals surface area contributed by atoms with E-state index in [-0.39, 0.29) is 0 Å². The lowest BCUT2D eigenvalue weighted by molar-refractivity contribution is 0.218. The zero-order valence-corrected chi connectivity index (χ0v) is 17.1. The molecule has 3 aromatic rings. The van der Waals surface area contributed by atoms with Crippen LogP contribution in [0, 0.1) is 0 Å². The SMILES string of the molecule is CCOc1ccc(-c2nc(SCCOC)c3c(=O)n(C)c(=O)n(C)c3n2)cc1. The lowest BCUT2D eigenvalue weighted by Crippen LogP contribution is -2.37. The molecule has 9 heteroatoms. The minimum atomic E-state index is -0.429. The third kappa shape index (κ3) is 3.81. The van der Waals surface area contributed by atoms with Crippen molar-refractivity contribution < 1.29 is 9.47 Å². The highest BCUT2D eigenvalue weighted by molar-refractivity contribution is 7.99. The number of aromatic nitrogens is 4. The van der Waals surface area contributed by atoms with E-state index in [1.54, 1.807) is 14.2 Å². The van der Waals surface area contributed by atoms with Gasteiger partial charge in [0.2, 0.25) is 0 Å². The lowest BCUT2D eigenvalue weighted by atomic mass is 10.2. The summed E-state index contributed by atoms with van der Waals surface area (Å²) in [5.74, 6) is 1.82. The number of benzene rings is 1. The van der Waals surface area contributed by atoms with Gasteiger partial charge in [-0.3, -0.25) is 13.9 Å². The van der Waals surface area contributed by atoms with Gasteiger partial charge in [-0.15, -0.1) is 11.8 Å². The monoisotopic (exact) mass is 402 g/mol. The fraction of sp³-hybridized carbons (Fsp3) is 0.368. The molecule has 0 radical (unpaired) electrons. The molecule has 8 nitrogen and oxygen atoms in total. The quantitative estimate of drug-likeness (QED) is 0.338. The summed E-state index contributed by atoms with van der Waals surface area (Å²) in [5, 5.41) is 0.863. The van der Waals surface area contributed by atoms with Gasteiger partial charge in [0.1, 0.15) is 16.2 Å². The molecule has 0 bridgehead atoms. The van der Waals surface area contributed by atoms with Gasteiger partial charge in [-0.25, -0.2) is 14.8 Å². The number of thioether (sulfide) groups is 1. The summed E-state index contributed by atoms with van der Waals surface area (Å²) < 4.78 is 13.0. The number of rotatable bonds is 7. The average molecular weight is 402 g/mol. The minimum Gasteiger partial charge on any atom is -0.494 e. The third-order valence-corrected chi connectivity index (χ3v) is 5.16. The highest BCUT2D eigenvalue weighted by atomic mass is 32.2. The van der Waals surface area contributed by atoms with Crippen LogP contribution < -0.4 is 16.0 Å². The van der Waals surface area contributed by atoms with Gasteiger partial charge in [-0.05, 0) is 31.2 Å². The van der Waals surface area contributed by atoms with Crippen molar-refractivity contribution in [2.45, 2.75) is 11.9 Å². The van der Waals surface area contributed by atoms with Gasteiger partial charge in [0.05, 0.1) is 13.2 Å². The number of methoxy groups -OCH3 is 1. The van der Waals surface area contributed by atoms with Crippen molar-refractivity contribution >= 4 is 22.8 Å². The minimum absolute atomic E-state index is 0.312. The molecule has 0 saturated heterocycles.